The number of amides is 4. The summed E-state index contributed by atoms with van der Waals surface area (Å²) in [5.74, 6) is -0.407. The van der Waals surface area contributed by atoms with Crippen molar-refractivity contribution in [2.24, 2.45) is 0 Å². The number of hydrogen-bond acceptors (Lipinski definition) is 3. The SMILES string of the molecule is CC(=O)Nc1ccc(NC(=O)C2CCCN2C(=O)Nc2cccc(Cl)c2)cc1. The summed E-state index contributed by atoms with van der Waals surface area (Å²) in [5, 5.41) is 8.80. The van der Waals surface area contributed by atoms with Crippen LogP contribution in [0.4, 0.5) is 21.9 Å². The van der Waals surface area contributed by atoms with Gasteiger partial charge in [-0.15, -0.1) is 0 Å². The summed E-state index contributed by atoms with van der Waals surface area (Å²) >= 11 is 5.94. The lowest BCUT2D eigenvalue weighted by Crippen LogP contribution is -2.45. The van der Waals surface area contributed by atoms with Crippen molar-refractivity contribution in [2.45, 2.75) is 25.8 Å². The summed E-state index contributed by atoms with van der Waals surface area (Å²) in [7, 11) is 0. The van der Waals surface area contributed by atoms with Crippen LogP contribution in [0.15, 0.2) is 48.5 Å². The zero-order valence-corrected chi connectivity index (χ0v) is 16.1. The number of nitrogens with zero attached hydrogens (tertiary/aromatic N) is 1. The fourth-order valence-electron chi connectivity index (χ4n) is 3.11. The minimum atomic E-state index is -0.547. The van der Waals surface area contributed by atoms with Crippen LogP contribution in [0, 0.1) is 0 Å². The van der Waals surface area contributed by atoms with E-state index >= 15 is 0 Å². The van der Waals surface area contributed by atoms with E-state index in [-0.39, 0.29) is 17.8 Å². The molecule has 8 heteroatoms. The zero-order chi connectivity index (χ0) is 20.1. The molecule has 1 atom stereocenters. The minimum absolute atomic E-state index is 0.163. The first-order valence-corrected chi connectivity index (χ1v) is 9.32. The van der Waals surface area contributed by atoms with Gasteiger partial charge in [-0.05, 0) is 55.3 Å². The van der Waals surface area contributed by atoms with E-state index in [4.69, 9.17) is 11.6 Å². The van der Waals surface area contributed by atoms with E-state index in [1.165, 1.54) is 11.8 Å². The lowest BCUT2D eigenvalue weighted by Gasteiger charge is -2.24. The van der Waals surface area contributed by atoms with Crippen LogP contribution in [0.3, 0.4) is 0 Å². The molecule has 4 amide bonds. The first-order valence-electron chi connectivity index (χ1n) is 8.94. The molecule has 3 N–H and O–H groups in total. The first kappa shape index (κ1) is 19.7. The molecule has 2 aromatic carbocycles. The van der Waals surface area contributed by atoms with Gasteiger partial charge >= 0.3 is 6.03 Å². The van der Waals surface area contributed by atoms with Crippen molar-refractivity contribution in [3.63, 3.8) is 0 Å². The summed E-state index contributed by atoms with van der Waals surface area (Å²) in [6.07, 6.45) is 1.35. The van der Waals surface area contributed by atoms with Gasteiger partial charge < -0.3 is 20.9 Å². The van der Waals surface area contributed by atoms with E-state index < -0.39 is 6.04 Å². The molecule has 1 fully saturated rings. The van der Waals surface area contributed by atoms with E-state index in [2.05, 4.69) is 16.0 Å². The highest BCUT2D eigenvalue weighted by Gasteiger charge is 2.34. The maximum Gasteiger partial charge on any atom is 0.322 e. The highest BCUT2D eigenvalue weighted by Crippen LogP contribution is 2.22. The van der Waals surface area contributed by atoms with Gasteiger partial charge in [-0.1, -0.05) is 17.7 Å². The summed E-state index contributed by atoms with van der Waals surface area (Å²) in [4.78, 5) is 37.9. The predicted octanol–water partition coefficient (Wildman–Crippen LogP) is 3.93. The average molecular weight is 401 g/mol. The number of benzene rings is 2. The van der Waals surface area contributed by atoms with Crippen LogP contribution in [0.1, 0.15) is 19.8 Å². The quantitative estimate of drug-likeness (QED) is 0.726. The Morgan fingerprint density at radius 3 is 2.29 bits per heavy atom. The molecule has 1 saturated heterocycles. The number of carbonyl (C=O) groups is 3. The maximum absolute atomic E-state index is 12.7. The zero-order valence-electron chi connectivity index (χ0n) is 15.4. The molecule has 7 nitrogen and oxygen atoms in total. The Hall–Kier alpha value is -3.06. The van der Waals surface area contributed by atoms with E-state index in [1.807, 2.05) is 0 Å². The molecule has 28 heavy (non-hydrogen) atoms. The number of anilines is 3. The Morgan fingerprint density at radius 1 is 0.964 bits per heavy atom. The van der Waals surface area contributed by atoms with Crippen molar-refractivity contribution in [1.29, 1.82) is 0 Å². The fraction of sp³-hybridized carbons (Fsp3) is 0.250. The standard InChI is InChI=1S/C20H21ClN4O3/c1-13(26)22-15-7-9-16(10-8-15)23-19(27)18-6-3-11-25(18)20(28)24-17-5-2-4-14(21)12-17/h2,4-5,7-10,12,18H,3,6,11H2,1H3,(H,22,26)(H,23,27)(H,24,28). The first-order chi connectivity index (χ1) is 13.4. The van der Waals surface area contributed by atoms with Crippen molar-refractivity contribution >= 4 is 46.5 Å². The molecular formula is C20H21ClN4O3. The monoisotopic (exact) mass is 400 g/mol. The van der Waals surface area contributed by atoms with Gasteiger partial charge in [-0.3, -0.25) is 9.59 Å². The molecule has 2 aromatic rings. The topological polar surface area (TPSA) is 90.5 Å². The highest BCUT2D eigenvalue weighted by atomic mass is 35.5. The molecular weight excluding hydrogens is 380 g/mol. The molecule has 1 heterocycles. The van der Waals surface area contributed by atoms with Crippen LogP contribution >= 0.6 is 11.6 Å². The van der Waals surface area contributed by atoms with Crippen LogP contribution in [-0.4, -0.2) is 35.3 Å². The number of urea groups is 1. The highest BCUT2D eigenvalue weighted by molar-refractivity contribution is 6.30. The molecule has 0 aliphatic carbocycles. The third kappa shape index (κ3) is 5.01. The summed E-state index contributed by atoms with van der Waals surface area (Å²) in [5.41, 5.74) is 1.83. The molecule has 146 valence electrons. The number of nitrogens with one attached hydrogen (secondary N) is 3. The van der Waals surface area contributed by atoms with E-state index in [0.717, 1.165) is 6.42 Å². The number of hydrogen-bond donors (Lipinski definition) is 3. The summed E-state index contributed by atoms with van der Waals surface area (Å²) < 4.78 is 0. The Balaban J connectivity index is 1.62. The Morgan fingerprint density at radius 2 is 1.64 bits per heavy atom. The molecule has 0 spiro atoms. The van der Waals surface area contributed by atoms with Gasteiger partial charge in [0.25, 0.3) is 0 Å². The molecule has 3 rings (SSSR count). The van der Waals surface area contributed by atoms with Crippen LogP contribution in [0.2, 0.25) is 5.02 Å². The normalized spacial score (nSPS) is 15.8. The number of likely N-dealkylation sites (tertiary alicyclic amines) is 1. The van der Waals surface area contributed by atoms with E-state index in [1.54, 1.807) is 48.5 Å². The predicted molar refractivity (Wildman–Crippen MR) is 110 cm³/mol. The van der Waals surface area contributed by atoms with Gasteiger partial charge in [0.1, 0.15) is 6.04 Å². The van der Waals surface area contributed by atoms with Gasteiger partial charge in [0.2, 0.25) is 11.8 Å². The van der Waals surface area contributed by atoms with Crippen LogP contribution in [0.25, 0.3) is 0 Å². The second kappa shape index (κ2) is 8.75. The Bertz CT molecular complexity index is 885. The van der Waals surface area contributed by atoms with Gasteiger partial charge in [-0.25, -0.2) is 4.79 Å². The van der Waals surface area contributed by atoms with Crippen molar-refractivity contribution in [1.82, 2.24) is 4.90 Å². The third-order valence-electron chi connectivity index (χ3n) is 4.37. The van der Waals surface area contributed by atoms with Gasteiger partial charge in [0, 0.05) is 35.6 Å². The third-order valence-corrected chi connectivity index (χ3v) is 4.60. The molecule has 0 radical (unpaired) electrons. The molecule has 0 aromatic heterocycles. The molecule has 1 aliphatic heterocycles. The smallest absolute Gasteiger partial charge is 0.322 e. The number of carbonyl (C=O) groups excluding carboxylic acids is 3. The van der Waals surface area contributed by atoms with Crippen LogP contribution in [-0.2, 0) is 9.59 Å². The largest absolute Gasteiger partial charge is 0.326 e. The van der Waals surface area contributed by atoms with E-state index in [9.17, 15) is 14.4 Å². The lowest BCUT2D eigenvalue weighted by atomic mass is 10.2. The molecule has 0 saturated carbocycles. The Kier molecular flexibility index (Phi) is 6.16. The van der Waals surface area contributed by atoms with Crippen LogP contribution in [0.5, 0.6) is 0 Å². The lowest BCUT2D eigenvalue weighted by molar-refractivity contribution is -0.119. The second-order valence-electron chi connectivity index (χ2n) is 6.54. The van der Waals surface area contributed by atoms with Crippen molar-refractivity contribution in [2.75, 3.05) is 22.5 Å². The van der Waals surface area contributed by atoms with Gasteiger partial charge in [-0.2, -0.15) is 0 Å². The number of halogens is 1. The maximum atomic E-state index is 12.7. The summed E-state index contributed by atoms with van der Waals surface area (Å²) in [6, 6.07) is 12.8. The average Bonchev–Trinajstić information content (AvgIpc) is 3.13. The van der Waals surface area contributed by atoms with E-state index in [0.29, 0.717) is 35.1 Å². The molecule has 1 unspecified atom stereocenters. The van der Waals surface area contributed by atoms with Crippen molar-refractivity contribution in [3.05, 3.63) is 53.6 Å². The van der Waals surface area contributed by atoms with Crippen molar-refractivity contribution in [3.8, 4) is 0 Å². The van der Waals surface area contributed by atoms with Gasteiger partial charge in [0.05, 0.1) is 0 Å². The Labute approximate surface area is 168 Å². The van der Waals surface area contributed by atoms with Crippen LogP contribution < -0.4 is 16.0 Å². The minimum Gasteiger partial charge on any atom is -0.326 e. The molecule has 1 aliphatic rings. The van der Waals surface area contributed by atoms with Gasteiger partial charge in [0.15, 0.2) is 0 Å². The summed E-state index contributed by atoms with van der Waals surface area (Å²) in [6.45, 7) is 1.94. The van der Waals surface area contributed by atoms with Crippen molar-refractivity contribution < 1.29 is 14.4 Å². The number of rotatable bonds is 4. The second-order valence-corrected chi connectivity index (χ2v) is 6.98. The molecule has 0 bridgehead atoms. The fourth-order valence-corrected chi connectivity index (χ4v) is 3.30.